The Labute approximate surface area is 182 Å². The van der Waals surface area contributed by atoms with E-state index in [2.05, 4.69) is 41.5 Å². The number of fused-ring (bicyclic) bond motifs is 2. The lowest BCUT2D eigenvalue weighted by atomic mass is 9.99. The molecule has 2 heterocycles. The number of carbonyl (C=O) groups excluding carboxylic acids is 2. The van der Waals surface area contributed by atoms with Crippen LogP contribution in [0.1, 0.15) is 22.3 Å². The number of rotatable bonds is 4. The van der Waals surface area contributed by atoms with Gasteiger partial charge in [-0.15, -0.1) is 0 Å². The standard InChI is InChI=1S/C25H26N4O2/c1-17-8-10-19-6-4-5-7-21(19)22(17)15-29(3)24(31)11-9-18-12-20-14-28(2)16-23(30)27-25(20)26-13-18/h4-13H,14-16H2,1-3H3,(H,26,27,30). The van der Waals surface area contributed by atoms with Gasteiger partial charge in [-0.2, -0.15) is 0 Å². The zero-order valence-electron chi connectivity index (χ0n) is 18.1. The highest BCUT2D eigenvalue weighted by atomic mass is 16.2. The van der Waals surface area contributed by atoms with Gasteiger partial charge in [-0.25, -0.2) is 4.98 Å². The summed E-state index contributed by atoms with van der Waals surface area (Å²) in [4.78, 5) is 32.6. The minimum atomic E-state index is -0.0762. The van der Waals surface area contributed by atoms with E-state index in [1.165, 1.54) is 16.3 Å². The largest absolute Gasteiger partial charge is 0.338 e. The van der Waals surface area contributed by atoms with Crippen LogP contribution in [0.4, 0.5) is 5.82 Å². The van der Waals surface area contributed by atoms with Gasteiger partial charge in [-0.05, 0) is 53.6 Å². The number of aryl methyl sites for hydroxylation is 1. The highest BCUT2D eigenvalue weighted by Gasteiger charge is 2.17. The fourth-order valence-electron chi connectivity index (χ4n) is 3.88. The number of nitrogens with one attached hydrogen (secondary N) is 1. The Balaban J connectivity index is 1.50. The van der Waals surface area contributed by atoms with Crippen LogP contribution >= 0.6 is 0 Å². The molecule has 0 bridgehead atoms. The molecule has 0 spiro atoms. The van der Waals surface area contributed by atoms with Crippen molar-refractivity contribution in [2.45, 2.75) is 20.0 Å². The summed E-state index contributed by atoms with van der Waals surface area (Å²) in [6.07, 6.45) is 5.01. The van der Waals surface area contributed by atoms with Crippen LogP contribution < -0.4 is 5.32 Å². The maximum Gasteiger partial charge on any atom is 0.246 e. The lowest BCUT2D eigenvalue weighted by Crippen LogP contribution is -2.26. The summed E-state index contributed by atoms with van der Waals surface area (Å²) >= 11 is 0. The molecule has 0 saturated carbocycles. The van der Waals surface area contributed by atoms with E-state index in [1.54, 1.807) is 23.2 Å². The second-order valence-electron chi connectivity index (χ2n) is 8.11. The minimum Gasteiger partial charge on any atom is -0.338 e. The Morgan fingerprint density at radius 1 is 1.23 bits per heavy atom. The topological polar surface area (TPSA) is 65.5 Å². The number of likely N-dealkylation sites (N-methyl/N-ethyl adjacent to an activating group) is 2. The van der Waals surface area contributed by atoms with E-state index in [0.29, 0.717) is 25.5 Å². The molecule has 1 aromatic heterocycles. The molecule has 1 aliphatic rings. The van der Waals surface area contributed by atoms with Crippen molar-refractivity contribution in [3.8, 4) is 0 Å². The summed E-state index contributed by atoms with van der Waals surface area (Å²) in [5.41, 5.74) is 4.09. The van der Waals surface area contributed by atoms with E-state index in [9.17, 15) is 9.59 Å². The molecular weight excluding hydrogens is 388 g/mol. The maximum atomic E-state index is 12.8. The first kappa shape index (κ1) is 20.8. The lowest BCUT2D eigenvalue weighted by molar-refractivity contribution is -0.125. The van der Waals surface area contributed by atoms with Crippen LogP contribution in [0.15, 0.2) is 54.7 Å². The van der Waals surface area contributed by atoms with Crippen molar-refractivity contribution in [2.24, 2.45) is 0 Å². The first-order valence-electron chi connectivity index (χ1n) is 10.3. The molecule has 0 unspecified atom stereocenters. The van der Waals surface area contributed by atoms with Crippen LogP contribution in [-0.2, 0) is 22.7 Å². The predicted octanol–water partition coefficient (Wildman–Crippen LogP) is 3.60. The molecule has 2 amide bonds. The maximum absolute atomic E-state index is 12.8. The Kier molecular flexibility index (Phi) is 5.82. The molecule has 0 aliphatic carbocycles. The summed E-state index contributed by atoms with van der Waals surface area (Å²) in [6, 6.07) is 14.4. The lowest BCUT2D eigenvalue weighted by Gasteiger charge is -2.18. The number of pyridine rings is 1. The second kappa shape index (κ2) is 8.70. The normalized spacial score (nSPS) is 14.4. The fraction of sp³-hybridized carbons (Fsp3) is 0.240. The number of carbonyl (C=O) groups is 2. The van der Waals surface area contributed by atoms with Gasteiger partial charge in [0.15, 0.2) is 0 Å². The molecule has 4 rings (SSSR count). The third kappa shape index (κ3) is 4.64. The van der Waals surface area contributed by atoms with Gasteiger partial charge in [0.25, 0.3) is 0 Å². The van der Waals surface area contributed by atoms with Crippen LogP contribution in [0.2, 0.25) is 0 Å². The van der Waals surface area contributed by atoms with Crippen molar-refractivity contribution >= 4 is 34.5 Å². The predicted molar refractivity (Wildman–Crippen MR) is 123 cm³/mol. The van der Waals surface area contributed by atoms with Crippen molar-refractivity contribution in [1.82, 2.24) is 14.8 Å². The Morgan fingerprint density at radius 3 is 2.87 bits per heavy atom. The average Bonchev–Trinajstić information content (AvgIpc) is 2.89. The van der Waals surface area contributed by atoms with E-state index in [4.69, 9.17) is 0 Å². The summed E-state index contributed by atoms with van der Waals surface area (Å²) in [5.74, 6) is 0.437. The smallest absolute Gasteiger partial charge is 0.246 e. The number of aromatic nitrogens is 1. The zero-order valence-corrected chi connectivity index (χ0v) is 18.1. The van der Waals surface area contributed by atoms with Crippen molar-refractivity contribution in [3.63, 3.8) is 0 Å². The number of anilines is 1. The highest BCUT2D eigenvalue weighted by molar-refractivity contribution is 5.94. The van der Waals surface area contributed by atoms with Gasteiger partial charge in [0, 0.05) is 38.0 Å². The van der Waals surface area contributed by atoms with Gasteiger partial charge in [0.05, 0.1) is 6.54 Å². The molecule has 1 N–H and O–H groups in total. The van der Waals surface area contributed by atoms with Crippen LogP contribution in [0, 0.1) is 6.92 Å². The van der Waals surface area contributed by atoms with Crippen molar-refractivity contribution in [1.29, 1.82) is 0 Å². The van der Waals surface area contributed by atoms with E-state index < -0.39 is 0 Å². The monoisotopic (exact) mass is 414 g/mol. The summed E-state index contributed by atoms with van der Waals surface area (Å²) in [6.45, 7) is 3.57. The Bertz CT molecular complexity index is 1190. The number of hydrogen-bond donors (Lipinski definition) is 1. The molecule has 0 radical (unpaired) electrons. The quantitative estimate of drug-likeness (QED) is 0.663. The van der Waals surface area contributed by atoms with Crippen LogP contribution in [0.25, 0.3) is 16.8 Å². The van der Waals surface area contributed by atoms with Crippen LogP contribution in [-0.4, -0.2) is 47.2 Å². The van der Waals surface area contributed by atoms with Gasteiger partial charge in [-0.3, -0.25) is 14.5 Å². The first-order chi connectivity index (χ1) is 14.9. The SMILES string of the molecule is Cc1ccc2ccccc2c1CN(C)C(=O)C=Cc1cnc2c(c1)CN(C)CC(=O)N2. The Morgan fingerprint density at radius 2 is 2.03 bits per heavy atom. The summed E-state index contributed by atoms with van der Waals surface area (Å²) < 4.78 is 0. The van der Waals surface area contributed by atoms with E-state index in [1.807, 2.05) is 37.2 Å². The molecule has 6 nitrogen and oxygen atoms in total. The van der Waals surface area contributed by atoms with Gasteiger partial charge >= 0.3 is 0 Å². The van der Waals surface area contributed by atoms with Crippen LogP contribution in [0.5, 0.6) is 0 Å². The molecule has 0 fully saturated rings. The second-order valence-corrected chi connectivity index (χ2v) is 8.11. The molecular formula is C25H26N4O2. The van der Waals surface area contributed by atoms with E-state index >= 15 is 0 Å². The first-order valence-corrected chi connectivity index (χ1v) is 10.3. The number of benzene rings is 2. The van der Waals surface area contributed by atoms with Crippen molar-refractivity contribution in [3.05, 3.63) is 77.0 Å². The third-order valence-electron chi connectivity index (χ3n) is 5.56. The number of hydrogen-bond acceptors (Lipinski definition) is 4. The van der Waals surface area contributed by atoms with Gasteiger partial charge in [0.1, 0.15) is 5.82 Å². The minimum absolute atomic E-state index is 0.0717. The van der Waals surface area contributed by atoms with Crippen LogP contribution in [0.3, 0.4) is 0 Å². The number of amides is 2. The van der Waals surface area contributed by atoms with Gasteiger partial charge in [-0.1, -0.05) is 36.4 Å². The molecule has 31 heavy (non-hydrogen) atoms. The van der Waals surface area contributed by atoms with Gasteiger partial charge in [0.2, 0.25) is 11.8 Å². The molecule has 0 saturated heterocycles. The fourth-order valence-corrected chi connectivity index (χ4v) is 3.88. The molecule has 0 atom stereocenters. The van der Waals surface area contributed by atoms with Crippen molar-refractivity contribution in [2.75, 3.05) is 26.0 Å². The van der Waals surface area contributed by atoms with E-state index in [0.717, 1.165) is 16.7 Å². The average molecular weight is 415 g/mol. The molecule has 3 aromatic rings. The Hall–Kier alpha value is -3.51. The van der Waals surface area contributed by atoms with Gasteiger partial charge < -0.3 is 10.2 Å². The zero-order chi connectivity index (χ0) is 22.0. The molecule has 6 heteroatoms. The van der Waals surface area contributed by atoms with Crippen molar-refractivity contribution < 1.29 is 9.59 Å². The summed E-state index contributed by atoms with van der Waals surface area (Å²) in [7, 11) is 3.71. The molecule has 2 aromatic carbocycles. The molecule has 158 valence electrons. The molecule has 1 aliphatic heterocycles. The van der Waals surface area contributed by atoms with E-state index in [-0.39, 0.29) is 11.8 Å². The highest BCUT2D eigenvalue weighted by Crippen LogP contribution is 2.24. The summed E-state index contributed by atoms with van der Waals surface area (Å²) in [5, 5.41) is 5.17. The number of nitrogens with zero attached hydrogens (tertiary/aromatic N) is 3. The third-order valence-corrected chi connectivity index (χ3v) is 5.56.